The average molecular weight is 468 g/mol. The monoisotopic (exact) mass is 467 g/mol. The van der Waals surface area contributed by atoms with Crippen LogP contribution in [-0.2, 0) is 22.3 Å². The molecule has 1 N–H and O–H groups in total. The molecule has 0 saturated carbocycles. The van der Waals surface area contributed by atoms with Crippen LogP contribution in [0.15, 0.2) is 51.5 Å². The molecular weight excluding hydrogens is 450 g/mol. The molecule has 0 atom stereocenters. The maximum atomic E-state index is 12.2. The molecule has 0 fully saturated rings. The van der Waals surface area contributed by atoms with Crippen molar-refractivity contribution in [1.29, 1.82) is 0 Å². The zero-order chi connectivity index (χ0) is 20.1. The number of hydrogen-bond acceptors (Lipinski definition) is 7. The summed E-state index contributed by atoms with van der Waals surface area (Å²) in [6, 6.07) is 12.3. The first kappa shape index (κ1) is 20.3. The summed E-state index contributed by atoms with van der Waals surface area (Å²) in [4.78, 5) is 4.23. The highest BCUT2D eigenvalue weighted by atomic mass is 79.9. The molecule has 28 heavy (non-hydrogen) atoms. The van der Waals surface area contributed by atoms with Crippen molar-refractivity contribution in [2.75, 3.05) is 14.2 Å². The van der Waals surface area contributed by atoms with Gasteiger partial charge in [0, 0.05) is 10.0 Å². The smallest absolute Gasteiger partial charge is 0.242 e. The van der Waals surface area contributed by atoms with Gasteiger partial charge in [-0.3, -0.25) is 0 Å². The van der Waals surface area contributed by atoms with E-state index < -0.39 is 10.0 Å². The number of halogens is 1. The largest absolute Gasteiger partial charge is 0.493 e. The van der Waals surface area contributed by atoms with Crippen molar-refractivity contribution in [2.45, 2.75) is 12.3 Å². The van der Waals surface area contributed by atoms with Gasteiger partial charge in [0.2, 0.25) is 21.7 Å². The van der Waals surface area contributed by atoms with E-state index in [1.807, 2.05) is 0 Å². The summed E-state index contributed by atoms with van der Waals surface area (Å²) in [5.74, 6) is 1.45. The average Bonchev–Trinajstić information content (AvgIpc) is 3.17. The number of rotatable bonds is 8. The lowest BCUT2D eigenvalue weighted by atomic mass is 10.2. The second kappa shape index (κ2) is 8.72. The van der Waals surface area contributed by atoms with Gasteiger partial charge >= 0.3 is 0 Å². The number of nitrogens with one attached hydrogen (secondary N) is 1. The van der Waals surface area contributed by atoms with Gasteiger partial charge in [0.15, 0.2) is 11.5 Å². The van der Waals surface area contributed by atoms with Crippen LogP contribution in [0.1, 0.15) is 11.5 Å². The Kier molecular flexibility index (Phi) is 6.32. The summed E-state index contributed by atoms with van der Waals surface area (Å²) in [6.07, 6.45) is 0. The molecule has 1 aromatic heterocycles. The Morgan fingerprint density at radius 1 is 1.07 bits per heavy atom. The normalized spacial score (nSPS) is 11.4. The van der Waals surface area contributed by atoms with Gasteiger partial charge in [0.05, 0.1) is 26.5 Å². The fourth-order valence-corrected chi connectivity index (χ4v) is 3.78. The highest BCUT2D eigenvalue weighted by Crippen LogP contribution is 2.31. The van der Waals surface area contributed by atoms with Crippen molar-refractivity contribution in [3.63, 3.8) is 0 Å². The van der Waals surface area contributed by atoms with Crippen molar-refractivity contribution >= 4 is 26.0 Å². The first-order chi connectivity index (χ1) is 13.4. The van der Waals surface area contributed by atoms with Gasteiger partial charge in [-0.05, 0) is 35.9 Å². The van der Waals surface area contributed by atoms with E-state index in [2.05, 4.69) is 30.8 Å². The molecule has 3 aromatic rings. The number of nitrogens with zero attached hydrogens (tertiary/aromatic N) is 2. The van der Waals surface area contributed by atoms with Crippen LogP contribution >= 0.6 is 15.9 Å². The predicted molar refractivity (Wildman–Crippen MR) is 106 cm³/mol. The van der Waals surface area contributed by atoms with E-state index in [9.17, 15) is 8.42 Å². The molecule has 0 aliphatic heterocycles. The van der Waals surface area contributed by atoms with Crippen LogP contribution in [0.3, 0.4) is 0 Å². The van der Waals surface area contributed by atoms with E-state index >= 15 is 0 Å². The maximum Gasteiger partial charge on any atom is 0.242 e. The van der Waals surface area contributed by atoms with Crippen molar-refractivity contribution in [3.05, 3.63) is 58.4 Å². The van der Waals surface area contributed by atoms with Crippen LogP contribution in [0.2, 0.25) is 0 Å². The van der Waals surface area contributed by atoms with E-state index in [1.165, 1.54) is 7.11 Å². The molecule has 2 aromatic carbocycles. The minimum Gasteiger partial charge on any atom is -0.493 e. The van der Waals surface area contributed by atoms with Crippen molar-refractivity contribution in [3.8, 4) is 22.9 Å². The minimum absolute atomic E-state index is 0.0981. The third-order valence-corrected chi connectivity index (χ3v) is 5.65. The molecular formula is C18H18BrN3O5S. The fourth-order valence-electron chi connectivity index (χ4n) is 2.44. The van der Waals surface area contributed by atoms with Gasteiger partial charge in [-0.15, -0.1) is 0 Å². The number of methoxy groups -OCH3 is 2. The summed E-state index contributed by atoms with van der Waals surface area (Å²) in [5, 5.41) is 3.89. The molecule has 0 unspecified atom stereocenters. The van der Waals surface area contributed by atoms with Crippen molar-refractivity contribution in [2.24, 2.45) is 0 Å². The van der Waals surface area contributed by atoms with Gasteiger partial charge in [0.1, 0.15) is 0 Å². The lowest BCUT2D eigenvalue weighted by molar-refractivity contribution is 0.355. The second-order valence-electron chi connectivity index (χ2n) is 5.79. The molecule has 0 radical (unpaired) electrons. The third kappa shape index (κ3) is 5.09. The molecule has 148 valence electrons. The van der Waals surface area contributed by atoms with E-state index in [4.69, 9.17) is 14.0 Å². The molecule has 0 amide bonds. The summed E-state index contributed by atoms with van der Waals surface area (Å²) < 4.78 is 43.4. The lowest BCUT2D eigenvalue weighted by Crippen LogP contribution is -2.24. The third-order valence-electron chi connectivity index (χ3n) is 3.82. The number of benzene rings is 2. The van der Waals surface area contributed by atoms with Crippen LogP contribution in [0.25, 0.3) is 11.4 Å². The highest BCUT2D eigenvalue weighted by molar-refractivity contribution is 9.10. The van der Waals surface area contributed by atoms with Crippen molar-refractivity contribution in [1.82, 2.24) is 14.9 Å². The topological polar surface area (TPSA) is 104 Å². The molecule has 3 rings (SSSR count). The lowest BCUT2D eigenvalue weighted by Gasteiger charge is -2.07. The Hall–Kier alpha value is -2.43. The molecule has 1 heterocycles. The van der Waals surface area contributed by atoms with E-state index in [1.54, 1.807) is 49.6 Å². The molecule has 0 bridgehead atoms. The molecule has 0 aliphatic carbocycles. The van der Waals surface area contributed by atoms with Crippen LogP contribution < -0.4 is 14.2 Å². The van der Waals surface area contributed by atoms with Crippen LogP contribution in [0, 0.1) is 0 Å². The number of hydrogen-bond donors (Lipinski definition) is 1. The molecule has 0 aliphatic rings. The van der Waals surface area contributed by atoms with E-state index in [-0.39, 0.29) is 18.2 Å². The van der Waals surface area contributed by atoms with E-state index in [0.29, 0.717) is 28.5 Å². The van der Waals surface area contributed by atoms with Crippen molar-refractivity contribution < 1.29 is 22.4 Å². The zero-order valence-electron chi connectivity index (χ0n) is 15.2. The Morgan fingerprint density at radius 3 is 2.46 bits per heavy atom. The Labute approximate surface area is 171 Å². The van der Waals surface area contributed by atoms with Gasteiger partial charge < -0.3 is 14.0 Å². The molecule has 10 heteroatoms. The van der Waals surface area contributed by atoms with Gasteiger partial charge in [-0.2, -0.15) is 4.98 Å². The quantitative estimate of drug-likeness (QED) is 0.542. The van der Waals surface area contributed by atoms with Gasteiger partial charge in [0.25, 0.3) is 0 Å². The standard InChI is InChI=1S/C18H18BrN3O5S/c1-25-15-8-5-13(9-16(15)26-2)18-21-17(27-22-18)10-20-28(23,24)11-12-3-6-14(19)7-4-12/h3-9,20H,10-11H2,1-2H3. The number of aromatic nitrogens is 2. The maximum absolute atomic E-state index is 12.2. The Balaban J connectivity index is 1.66. The summed E-state index contributed by atoms with van der Waals surface area (Å²) in [5.41, 5.74) is 1.33. The first-order valence-corrected chi connectivity index (χ1v) is 10.6. The summed E-state index contributed by atoms with van der Waals surface area (Å²) in [6.45, 7) is -0.0981. The Morgan fingerprint density at radius 2 is 1.79 bits per heavy atom. The minimum atomic E-state index is -3.55. The summed E-state index contributed by atoms with van der Waals surface area (Å²) >= 11 is 3.32. The predicted octanol–water partition coefficient (Wildman–Crippen LogP) is 3.14. The van der Waals surface area contributed by atoms with Crippen LogP contribution in [-0.4, -0.2) is 32.8 Å². The first-order valence-electron chi connectivity index (χ1n) is 8.17. The van der Waals surface area contributed by atoms with Gasteiger partial charge in [-0.25, -0.2) is 13.1 Å². The SMILES string of the molecule is COc1ccc(-c2noc(CNS(=O)(=O)Cc3ccc(Br)cc3)n2)cc1OC. The summed E-state index contributed by atoms with van der Waals surface area (Å²) in [7, 11) is -0.473. The van der Waals surface area contributed by atoms with E-state index in [0.717, 1.165) is 4.47 Å². The molecule has 8 nitrogen and oxygen atoms in total. The Bertz CT molecular complexity index is 1050. The van der Waals surface area contributed by atoms with Gasteiger partial charge in [-0.1, -0.05) is 33.2 Å². The number of ether oxygens (including phenoxy) is 2. The number of sulfonamides is 1. The zero-order valence-corrected chi connectivity index (χ0v) is 17.6. The second-order valence-corrected chi connectivity index (χ2v) is 8.51. The van der Waals surface area contributed by atoms with Crippen LogP contribution in [0.5, 0.6) is 11.5 Å². The fraction of sp³-hybridized carbons (Fsp3) is 0.222. The highest BCUT2D eigenvalue weighted by Gasteiger charge is 2.16. The molecule has 0 saturated heterocycles. The van der Waals surface area contributed by atoms with Crippen LogP contribution in [0.4, 0.5) is 0 Å². The molecule has 0 spiro atoms.